The number of nitrogens with zero attached hydrogens (tertiary/aromatic N) is 2. The van der Waals surface area contributed by atoms with E-state index >= 15 is 0 Å². The molecule has 0 bridgehead atoms. The van der Waals surface area contributed by atoms with Crippen LogP contribution in [0, 0.1) is 11.3 Å². The summed E-state index contributed by atoms with van der Waals surface area (Å²) in [4.78, 5) is 13.2. The fourth-order valence-corrected chi connectivity index (χ4v) is 3.60. The van der Waals surface area contributed by atoms with E-state index in [0.717, 1.165) is 11.3 Å². The molecule has 0 fully saturated rings. The van der Waals surface area contributed by atoms with Gasteiger partial charge in [-0.05, 0) is 54.4 Å². The van der Waals surface area contributed by atoms with Crippen LogP contribution in [0.15, 0.2) is 47.4 Å². The van der Waals surface area contributed by atoms with Crippen LogP contribution in [-0.4, -0.2) is 20.9 Å². The van der Waals surface area contributed by atoms with Crippen LogP contribution < -0.4 is 9.08 Å². The summed E-state index contributed by atoms with van der Waals surface area (Å²) in [5, 5.41) is 8.75. The lowest BCUT2D eigenvalue weighted by Gasteiger charge is -2.15. The standard InChI is InChI=1S/C17H14N2O4S/c1-12(20)19-9-8-14-10-16(6-7-17(14)19)24(21,22)23-15-4-2-13(11-18)3-5-15/h2-7,10H,8-9H2,1H3. The molecule has 7 heteroatoms. The molecule has 1 aliphatic rings. The average Bonchev–Trinajstić information content (AvgIpc) is 2.98. The summed E-state index contributed by atoms with van der Waals surface area (Å²) in [6.45, 7) is 2.03. The van der Waals surface area contributed by atoms with E-state index in [1.807, 2.05) is 6.07 Å². The van der Waals surface area contributed by atoms with Gasteiger partial charge < -0.3 is 9.08 Å². The zero-order valence-electron chi connectivity index (χ0n) is 12.9. The van der Waals surface area contributed by atoms with Crippen LogP contribution in [0.4, 0.5) is 5.69 Å². The van der Waals surface area contributed by atoms with E-state index in [-0.39, 0.29) is 16.6 Å². The number of fused-ring (bicyclic) bond motifs is 1. The molecule has 0 unspecified atom stereocenters. The predicted molar refractivity (Wildman–Crippen MR) is 87.1 cm³/mol. The van der Waals surface area contributed by atoms with E-state index < -0.39 is 10.1 Å². The summed E-state index contributed by atoms with van der Waals surface area (Å²) in [5.74, 6) is 0.0676. The van der Waals surface area contributed by atoms with Gasteiger partial charge in [0.1, 0.15) is 10.6 Å². The van der Waals surface area contributed by atoms with Gasteiger partial charge in [0.2, 0.25) is 5.91 Å². The highest BCUT2D eigenvalue weighted by Gasteiger charge is 2.25. The molecule has 0 saturated heterocycles. The quantitative estimate of drug-likeness (QED) is 0.798. The molecular weight excluding hydrogens is 328 g/mol. The molecule has 0 spiro atoms. The molecule has 0 radical (unpaired) electrons. The van der Waals surface area contributed by atoms with Gasteiger partial charge >= 0.3 is 10.1 Å². The van der Waals surface area contributed by atoms with Gasteiger partial charge in [0, 0.05) is 19.2 Å². The van der Waals surface area contributed by atoms with E-state index in [1.165, 1.54) is 43.3 Å². The van der Waals surface area contributed by atoms with E-state index in [0.29, 0.717) is 18.5 Å². The van der Waals surface area contributed by atoms with Crippen LogP contribution in [0.5, 0.6) is 5.75 Å². The monoisotopic (exact) mass is 342 g/mol. The normalized spacial score (nSPS) is 13.2. The molecule has 0 saturated carbocycles. The summed E-state index contributed by atoms with van der Waals surface area (Å²) >= 11 is 0. The topological polar surface area (TPSA) is 87.5 Å². The van der Waals surface area contributed by atoms with Crippen LogP contribution in [0.1, 0.15) is 18.1 Å². The Labute approximate surface area is 140 Å². The van der Waals surface area contributed by atoms with Crippen molar-refractivity contribution in [2.45, 2.75) is 18.2 Å². The minimum Gasteiger partial charge on any atom is -0.379 e. The van der Waals surface area contributed by atoms with Gasteiger partial charge in [-0.3, -0.25) is 4.79 Å². The van der Waals surface area contributed by atoms with Gasteiger partial charge in [-0.15, -0.1) is 0 Å². The number of anilines is 1. The van der Waals surface area contributed by atoms with Gasteiger partial charge in [0.15, 0.2) is 0 Å². The first kappa shape index (κ1) is 16.0. The lowest BCUT2D eigenvalue weighted by Crippen LogP contribution is -2.25. The Hall–Kier alpha value is -2.85. The Balaban J connectivity index is 1.88. The zero-order chi connectivity index (χ0) is 17.3. The second kappa shape index (κ2) is 5.98. The van der Waals surface area contributed by atoms with Gasteiger partial charge in [-0.2, -0.15) is 13.7 Å². The number of hydrogen-bond donors (Lipinski definition) is 0. The Kier molecular flexibility index (Phi) is 3.99. The summed E-state index contributed by atoms with van der Waals surface area (Å²) in [6, 6.07) is 12.4. The fourth-order valence-electron chi connectivity index (χ4n) is 2.62. The van der Waals surface area contributed by atoms with Crippen molar-refractivity contribution in [2.75, 3.05) is 11.4 Å². The number of benzene rings is 2. The number of carbonyl (C=O) groups excluding carboxylic acids is 1. The molecule has 0 atom stereocenters. The van der Waals surface area contributed by atoms with Gasteiger partial charge in [0.05, 0.1) is 11.6 Å². The summed E-state index contributed by atoms with van der Waals surface area (Å²) in [6.07, 6.45) is 0.606. The molecule has 0 aliphatic carbocycles. The van der Waals surface area contributed by atoms with Crippen molar-refractivity contribution in [3.8, 4) is 11.8 Å². The second-order valence-electron chi connectivity index (χ2n) is 5.38. The number of nitriles is 1. The third kappa shape index (κ3) is 2.96. The van der Waals surface area contributed by atoms with Crippen molar-refractivity contribution < 1.29 is 17.4 Å². The third-order valence-corrected chi connectivity index (χ3v) is 5.05. The molecule has 1 amide bonds. The maximum atomic E-state index is 12.4. The van der Waals surface area contributed by atoms with Crippen LogP contribution in [0.3, 0.4) is 0 Å². The first-order chi connectivity index (χ1) is 11.4. The van der Waals surface area contributed by atoms with E-state index in [4.69, 9.17) is 9.44 Å². The maximum absolute atomic E-state index is 12.4. The number of carbonyl (C=O) groups is 1. The molecule has 24 heavy (non-hydrogen) atoms. The van der Waals surface area contributed by atoms with Crippen molar-refractivity contribution in [1.29, 1.82) is 5.26 Å². The first-order valence-electron chi connectivity index (χ1n) is 7.26. The molecule has 0 N–H and O–H groups in total. The lowest BCUT2D eigenvalue weighted by atomic mass is 10.2. The molecule has 3 rings (SSSR count). The number of rotatable bonds is 3. The lowest BCUT2D eigenvalue weighted by molar-refractivity contribution is -0.116. The van der Waals surface area contributed by atoms with Crippen LogP contribution in [0.25, 0.3) is 0 Å². The SMILES string of the molecule is CC(=O)N1CCc2cc(S(=O)(=O)Oc3ccc(C#N)cc3)ccc21. The van der Waals surface area contributed by atoms with E-state index in [9.17, 15) is 13.2 Å². The maximum Gasteiger partial charge on any atom is 0.339 e. The first-order valence-corrected chi connectivity index (χ1v) is 8.67. The Morgan fingerprint density at radius 3 is 2.54 bits per heavy atom. The molecule has 2 aromatic carbocycles. The predicted octanol–water partition coefficient (Wildman–Crippen LogP) is 2.23. The van der Waals surface area contributed by atoms with E-state index in [2.05, 4.69) is 0 Å². The largest absolute Gasteiger partial charge is 0.379 e. The smallest absolute Gasteiger partial charge is 0.339 e. The summed E-state index contributed by atoms with van der Waals surface area (Å²) in [5.41, 5.74) is 1.95. The Morgan fingerprint density at radius 2 is 1.92 bits per heavy atom. The molecular formula is C17H14N2O4S. The Morgan fingerprint density at radius 1 is 1.21 bits per heavy atom. The highest BCUT2D eigenvalue weighted by Crippen LogP contribution is 2.31. The average molecular weight is 342 g/mol. The van der Waals surface area contributed by atoms with Gasteiger partial charge in [0.25, 0.3) is 0 Å². The van der Waals surface area contributed by atoms with Crippen LogP contribution in [-0.2, 0) is 21.3 Å². The van der Waals surface area contributed by atoms with E-state index in [1.54, 1.807) is 11.0 Å². The molecule has 6 nitrogen and oxygen atoms in total. The highest BCUT2D eigenvalue weighted by atomic mass is 32.2. The highest BCUT2D eigenvalue weighted by molar-refractivity contribution is 7.87. The third-order valence-electron chi connectivity index (χ3n) is 3.80. The molecule has 0 aromatic heterocycles. The minimum absolute atomic E-state index is 0.0380. The van der Waals surface area contributed by atoms with Crippen molar-refractivity contribution in [1.82, 2.24) is 0 Å². The molecule has 122 valence electrons. The van der Waals surface area contributed by atoms with Crippen LogP contribution in [0.2, 0.25) is 0 Å². The number of amides is 1. The van der Waals surface area contributed by atoms with Crippen LogP contribution >= 0.6 is 0 Å². The summed E-state index contributed by atoms with van der Waals surface area (Å²) in [7, 11) is -3.98. The molecule has 1 aliphatic heterocycles. The van der Waals surface area contributed by atoms with Crippen molar-refractivity contribution in [2.24, 2.45) is 0 Å². The minimum atomic E-state index is -3.98. The molecule has 1 heterocycles. The van der Waals surface area contributed by atoms with Crippen molar-refractivity contribution >= 4 is 21.7 Å². The number of hydrogen-bond acceptors (Lipinski definition) is 5. The zero-order valence-corrected chi connectivity index (χ0v) is 13.7. The Bertz CT molecular complexity index is 944. The van der Waals surface area contributed by atoms with Gasteiger partial charge in [-0.1, -0.05) is 0 Å². The van der Waals surface area contributed by atoms with Gasteiger partial charge in [-0.25, -0.2) is 0 Å². The fraction of sp³-hybridized carbons (Fsp3) is 0.176. The van der Waals surface area contributed by atoms with Crippen molar-refractivity contribution in [3.63, 3.8) is 0 Å². The molecule has 2 aromatic rings. The summed E-state index contributed by atoms with van der Waals surface area (Å²) < 4.78 is 29.9. The van der Waals surface area contributed by atoms with Crippen molar-refractivity contribution in [3.05, 3.63) is 53.6 Å². The second-order valence-corrected chi connectivity index (χ2v) is 6.93.